The molecule has 1 heterocycles. The van der Waals surface area contributed by atoms with Crippen molar-refractivity contribution in [1.29, 1.82) is 0 Å². The zero-order valence-electron chi connectivity index (χ0n) is 11.4. The third kappa shape index (κ3) is 3.41. The molecule has 7 heteroatoms. The van der Waals surface area contributed by atoms with E-state index in [2.05, 4.69) is 0 Å². The van der Waals surface area contributed by atoms with Gasteiger partial charge in [-0.2, -0.15) is 0 Å². The van der Waals surface area contributed by atoms with Crippen LogP contribution >= 0.6 is 23.2 Å². The molecule has 0 aliphatic carbocycles. The van der Waals surface area contributed by atoms with Gasteiger partial charge in [0.2, 0.25) is 0 Å². The summed E-state index contributed by atoms with van der Waals surface area (Å²) in [5.74, 6) is -1.05. The molecular weight excluding hydrogens is 317 g/mol. The summed E-state index contributed by atoms with van der Waals surface area (Å²) in [5, 5.41) is 9.67. The van der Waals surface area contributed by atoms with Crippen LogP contribution in [0, 0.1) is 0 Å². The molecule has 0 aromatic heterocycles. The van der Waals surface area contributed by atoms with Gasteiger partial charge >= 0.3 is 5.97 Å². The third-order valence-corrected chi connectivity index (χ3v) is 4.19. The smallest absolute Gasteiger partial charge is 0.326 e. The van der Waals surface area contributed by atoms with E-state index in [-0.39, 0.29) is 10.9 Å². The Hall–Kier alpha value is -1.46. The molecule has 114 valence electrons. The Bertz CT molecular complexity index is 564. The van der Waals surface area contributed by atoms with Gasteiger partial charge in [-0.25, -0.2) is 4.79 Å². The minimum absolute atomic E-state index is 0.232. The highest BCUT2D eigenvalue weighted by Gasteiger charge is 2.36. The molecule has 0 bridgehead atoms. The fourth-order valence-electron chi connectivity index (χ4n) is 2.34. The normalized spacial score (nSPS) is 19.4. The van der Waals surface area contributed by atoms with Crippen molar-refractivity contribution in [1.82, 2.24) is 4.90 Å². The Morgan fingerprint density at radius 1 is 1.43 bits per heavy atom. The van der Waals surface area contributed by atoms with Crippen molar-refractivity contribution in [2.75, 3.05) is 6.54 Å². The predicted octanol–water partition coefficient (Wildman–Crippen LogP) is 2.84. The second-order valence-corrected chi connectivity index (χ2v) is 5.63. The number of carbonyl (C=O) groups excluding carboxylic acids is 1. The van der Waals surface area contributed by atoms with Crippen LogP contribution in [0.2, 0.25) is 10.0 Å². The van der Waals surface area contributed by atoms with Gasteiger partial charge < -0.3 is 14.7 Å². The van der Waals surface area contributed by atoms with Crippen LogP contribution < -0.4 is 4.74 Å². The highest BCUT2D eigenvalue weighted by Crippen LogP contribution is 2.32. The Morgan fingerprint density at radius 3 is 2.81 bits per heavy atom. The summed E-state index contributed by atoms with van der Waals surface area (Å²) in [7, 11) is 0. The molecule has 5 nitrogen and oxygen atoms in total. The van der Waals surface area contributed by atoms with E-state index in [0.29, 0.717) is 30.2 Å². The summed E-state index contributed by atoms with van der Waals surface area (Å²) in [5.41, 5.74) is 0. The van der Waals surface area contributed by atoms with E-state index < -0.39 is 18.1 Å². The number of ether oxygens (including phenoxy) is 1. The Kier molecular flexibility index (Phi) is 4.96. The van der Waals surface area contributed by atoms with Crippen LogP contribution in [0.15, 0.2) is 18.2 Å². The quantitative estimate of drug-likeness (QED) is 0.921. The first-order valence-corrected chi connectivity index (χ1v) is 7.31. The molecule has 1 aromatic rings. The van der Waals surface area contributed by atoms with E-state index in [1.807, 2.05) is 0 Å². The minimum Gasteiger partial charge on any atom is -0.480 e. The second kappa shape index (κ2) is 6.54. The summed E-state index contributed by atoms with van der Waals surface area (Å²) in [4.78, 5) is 24.8. The van der Waals surface area contributed by atoms with Crippen molar-refractivity contribution >= 4 is 35.1 Å². The number of hydrogen-bond donors (Lipinski definition) is 1. The van der Waals surface area contributed by atoms with E-state index in [9.17, 15) is 9.59 Å². The molecule has 2 atom stereocenters. The molecule has 1 N–H and O–H groups in total. The number of rotatable bonds is 4. The molecule has 0 spiro atoms. The maximum Gasteiger partial charge on any atom is 0.326 e. The summed E-state index contributed by atoms with van der Waals surface area (Å²) in [6, 6.07) is 4.11. The van der Waals surface area contributed by atoms with Gasteiger partial charge in [0.25, 0.3) is 5.91 Å². The van der Waals surface area contributed by atoms with E-state index >= 15 is 0 Å². The first-order chi connectivity index (χ1) is 9.91. The van der Waals surface area contributed by atoms with Gasteiger partial charge in [-0.15, -0.1) is 0 Å². The average Bonchev–Trinajstić information content (AvgIpc) is 2.92. The fourth-order valence-corrected chi connectivity index (χ4v) is 2.67. The fraction of sp³-hybridized carbons (Fsp3) is 0.429. The molecule has 2 rings (SSSR count). The van der Waals surface area contributed by atoms with E-state index in [0.717, 1.165) is 0 Å². The monoisotopic (exact) mass is 331 g/mol. The van der Waals surface area contributed by atoms with Crippen molar-refractivity contribution in [3.05, 3.63) is 28.2 Å². The summed E-state index contributed by atoms with van der Waals surface area (Å²) < 4.78 is 5.53. The number of nitrogens with zero attached hydrogens (tertiary/aromatic N) is 1. The first-order valence-electron chi connectivity index (χ1n) is 6.55. The van der Waals surface area contributed by atoms with Gasteiger partial charge in [-0.3, -0.25) is 4.79 Å². The lowest BCUT2D eigenvalue weighted by molar-refractivity contribution is -0.150. The summed E-state index contributed by atoms with van der Waals surface area (Å²) in [6.45, 7) is 1.99. The number of halogens is 2. The number of benzene rings is 1. The lowest BCUT2D eigenvalue weighted by Crippen LogP contribution is -2.46. The molecule has 1 amide bonds. The van der Waals surface area contributed by atoms with Gasteiger partial charge in [0.15, 0.2) is 6.10 Å². The van der Waals surface area contributed by atoms with Crippen LogP contribution in [0.1, 0.15) is 19.8 Å². The highest BCUT2D eigenvalue weighted by atomic mass is 35.5. The summed E-state index contributed by atoms with van der Waals surface area (Å²) in [6.07, 6.45) is 0.305. The number of carboxylic acids is 1. The van der Waals surface area contributed by atoms with Gasteiger partial charge in [0.1, 0.15) is 16.8 Å². The average molecular weight is 332 g/mol. The Balaban J connectivity index is 2.09. The maximum absolute atomic E-state index is 12.3. The van der Waals surface area contributed by atoms with Crippen molar-refractivity contribution in [3.63, 3.8) is 0 Å². The zero-order valence-corrected chi connectivity index (χ0v) is 12.9. The van der Waals surface area contributed by atoms with Gasteiger partial charge in [0.05, 0.1) is 5.02 Å². The molecule has 1 aliphatic heterocycles. The number of likely N-dealkylation sites (tertiary alicyclic amines) is 1. The Labute approximate surface area is 132 Å². The highest BCUT2D eigenvalue weighted by molar-refractivity contribution is 6.42. The largest absolute Gasteiger partial charge is 0.480 e. The molecule has 21 heavy (non-hydrogen) atoms. The van der Waals surface area contributed by atoms with Crippen molar-refractivity contribution in [2.24, 2.45) is 0 Å². The van der Waals surface area contributed by atoms with Crippen LogP contribution in [0.3, 0.4) is 0 Å². The Morgan fingerprint density at radius 2 is 2.14 bits per heavy atom. The van der Waals surface area contributed by atoms with Crippen LogP contribution in [0.4, 0.5) is 0 Å². The van der Waals surface area contributed by atoms with E-state index in [1.165, 1.54) is 4.90 Å². The lowest BCUT2D eigenvalue weighted by Gasteiger charge is -2.25. The van der Waals surface area contributed by atoms with Gasteiger partial charge in [-0.1, -0.05) is 29.3 Å². The van der Waals surface area contributed by atoms with E-state index in [4.69, 9.17) is 33.0 Å². The minimum atomic E-state index is -0.992. The molecule has 1 saturated heterocycles. The van der Waals surface area contributed by atoms with Gasteiger partial charge in [0, 0.05) is 6.54 Å². The predicted molar refractivity (Wildman–Crippen MR) is 78.9 cm³/mol. The van der Waals surface area contributed by atoms with Crippen molar-refractivity contribution in [2.45, 2.75) is 31.9 Å². The van der Waals surface area contributed by atoms with Crippen molar-refractivity contribution < 1.29 is 19.4 Å². The van der Waals surface area contributed by atoms with Crippen molar-refractivity contribution in [3.8, 4) is 5.75 Å². The number of amides is 1. The summed E-state index contributed by atoms with van der Waals surface area (Å²) >= 11 is 11.9. The van der Waals surface area contributed by atoms with Gasteiger partial charge in [-0.05, 0) is 31.9 Å². The molecule has 1 aromatic carbocycles. The lowest BCUT2D eigenvalue weighted by atomic mass is 10.2. The molecule has 1 unspecified atom stereocenters. The van der Waals surface area contributed by atoms with Crippen LogP contribution in [0.5, 0.6) is 5.75 Å². The van der Waals surface area contributed by atoms with E-state index in [1.54, 1.807) is 25.1 Å². The number of carbonyl (C=O) groups is 2. The molecule has 0 radical (unpaired) electrons. The standard InChI is InChI=1S/C14H15Cl2NO4/c1-8(21-11-6-2-4-9(15)12(11)16)13(18)17-7-3-5-10(17)14(19)20/h2,4,6,8,10H,3,5,7H2,1H3,(H,19,20)/t8?,10-/m1/s1. The maximum atomic E-state index is 12.3. The SMILES string of the molecule is CC(Oc1cccc(Cl)c1Cl)C(=O)N1CCC[C@@H]1C(=O)O. The molecule has 0 saturated carbocycles. The molecule has 1 fully saturated rings. The molecule has 1 aliphatic rings. The van der Waals surface area contributed by atoms with Crippen LogP contribution in [0.25, 0.3) is 0 Å². The first kappa shape index (κ1) is 15.9. The molecular formula is C14H15Cl2NO4. The number of carboxylic acid groups (broad SMARTS) is 1. The van der Waals surface area contributed by atoms with Crippen LogP contribution in [-0.4, -0.2) is 40.6 Å². The number of aliphatic carboxylic acids is 1. The number of hydrogen-bond acceptors (Lipinski definition) is 3. The zero-order chi connectivity index (χ0) is 15.6. The third-order valence-electron chi connectivity index (χ3n) is 3.39. The second-order valence-electron chi connectivity index (χ2n) is 4.84. The topological polar surface area (TPSA) is 66.8 Å². The van der Waals surface area contributed by atoms with Crippen LogP contribution in [-0.2, 0) is 9.59 Å².